The predicted molar refractivity (Wildman–Crippen MR) is 85.9 cm³/mol. The molecule has 0 saturated heterocycles. The highest BCUT2D eigenvalue weighted by atomic mass is 16.3. The number of nitrogens with one attached hydrogen (secondary N) is 1. The van der Waals surface area contributed by atoms with Gasteiger partial charge in [0.25, 0.3) is 5.56 Å². The Morgan fingerprint density at radius 1 is 1.46 bits per heavy atom. The number of aliphatic hydroxyl groups excluding tert-OH is 1. The molecule has 0 fully saturated rings. The van der Waals surface area contributed by atoms with Gasteiger partial charge in [0.2, 0.25) is 11.9 Å². The average Bonchev–Trinajstić information content (AvgIpc) is 2.78. The minimum absolute atomic E-state index is 0.000757. The normalized spacial score (nSPS) is 15.7. The van der Waals surface area contributed by atoms with Crippen LogP contribution in [0.1, 0.15) is 36.5 Å². The standard InChI is InChI=1S/C15H20N6O3/c1-9(22)12-7-11-8-20(3-2-4-21(11)19-12)14(24)6-10-5-13(23)18-15(16)17-10/h5,7,9,22H,2-4,6,8H2,1H3,(H3,16,17,18,23)/t9-/m0/s1. The van der Waals surface area contributed by atoms with Crippen molar-refractivity contribution < 1.29 is 9.90 Å². The monoisotopic (exact) mass is 332 g/mol. The molecule has 9 heteroatoms. The second-order valence-electron chi connectivity index (χ2n) is 5.93. The van der Waals surface area contributed by atoms with Gasteiger partial charge in [-0.2, -0.15) is 5.10 Å². The maximum Gasteiger partial charge on any atom is 0.252 e. The van der Waals surface area contributed by atoms with Crippen molar-refractivity contribution in [3.63, 3.8) is 0 Å². The van der Waals surface area contributed by atoms with Crippen LogP contribution in [0, 0.1) is 0 Å². The number of carbonyl (C=O) groups excluding carboxylic acids is 1. The summed E-state index contributed by atoms with van der Waals surface area (Å²) in [4.78, 5) is 32.0. The minimum atomic E-state index is -0.642. The van der Waals surface area contributed by atoms with Gasteiger partial charge in [0.05, 0.1) is 36.2 Å². The number of aryl methyl sites for hydroxylation is 1. The summed E-state index contributed by atoms with van der Waals surface area (Å²) >= 11 is 0. The number of aromatic nitrogens is 4. The van der Waals surface area contributed by atoms with Crippen molar-refractivity contribution in [2.75, 3.05) is 12.3 Å². The minimum Gasteiger partial charge on any atom is -0.387 e. The van der Waals surface area contributed by atoms with Gasteiger partial charge in [-0.25, -0.2) is 4.98 Å². The van der Waals surface area contributed by atoms with E-state index in [1.165, 1.54) is 6.07 Å². The number of amides is 1. The van der Waals surface area contributed by atoms with Crippen molar-refractivity contribution in [2.24, 2.45) is 0 Å². The van der Waals surface area contributed by atoms with Crippen LogP contribution in [-0.2, 0) is 24.3 Å². The molecule has 0 bridgehead atoms. The van der Waals surface area contributed by atoms with Crippen LogP contribution in [0.3, 0.4) is 0 Å². The van der Waals surface area contributed by atoms with E-state index in [9.17, 15) is 14.7 Å². The molecule has 0 aromatic carbocycles. The zero-order chi connectivity index (χ0) is 17.3. The molecule has 1 atom stereocenters. The number of aromatic amines is 1. The third-order valence-electron chi connectivity index (χ3n) is 3.96. The highest BCUT2D eigenvalue weighted by molar-refractivity contribution is 5.78. The van der Waals surface area contributed by atoms with Gasteiger partial charge in [-0.05, 0) is 19.4 Å². The molecule has 4 N–H and O–H groups in total. The third kappa shape index (κ3) is 3.46. The second kappa shape index (κ2) is 6.44. The number of nitrogens with zero attached hydrogens (tertiary/aromatic N) is 4. The van der Waals surface area contributed by atoms with Crippen molar-refractivity contribution in [1.82, 2.24) is 24.6 Å². The van der Waals surface area contributed by atoms with E-state index in [0.717, 1.165) is 12.1 Å². The fourth-order valence-corrected chi connectivity index (χ4v) is 2.79. The summed E-state index contributed by atoms with van der Waals surface area (Å²) in [6.07, 6.45) is 0.146. The molecule has 128 valence electrons. The zero-order valence-electron chi connectivity index (χ0n) is 13.4. The van der Waals surface area contributed by atoms with Gasteiger partial charge in [0.15, 0.2) is 0 Å². The molecule has 3 rings (SSSR count). The average molecular weight is 332 g/mol. The fraction of sp³-hybridized carbons (Fsp3) is 0.467. The lowest BCUT2D eigenvalue weighted by atomic mass is 10.2. The van der Waals surface area contributed by atoms with Crippen LogP contribution in [0.2, 0.25) is 0 Å². The number of nitrogen functional groups attached to an aromatic ring is 1. The highest BCUT2D eigenvalue weighted by Gasteiger charge is 2.22. The van der Waals surface area contributed by atoms with Gasteiger partial charge in [-0.15, -0.1) is 0 Å². The number of aliphatic hydroxyl groups is 1. The van der Waals surface area contributed by atoms with Crippen LogP contribution >= 0.6 is 0 Å². The summed E-state index contributed by atoms with van der Waals surface area (Å²) < 4.78 is 1.83. The van der Waals surface area contributed by atoms with Crippen LogP contribution in [0.25, 0.3) is 0 Å². The Kier molecular flexibility index (Phi) is 4.34. The van der Waals surface area contributed by atoms with Crippen molar-refractivity contribution >= 4 is 11.9 Å². The quantitative estimate of drug-likeness (QED) is 0.699. The number of rotatable bonds is 3. The second-order valence-corrected chi connectivity index (χ2v) is 5.93. The Morgan fingerprint density at radius 2 is 2.25 bits per heavy atom. The molecule has 1 aliphatic heterocycles. The number of H-pyrrole nitrogens is 1. The van der Waals surface area contributed by atoms with Crippen molar-refractivity contribution in [3.05, 3.63) is 39.6 Å². The number of hydrogen-bond donors (Lipinski definition) is 3. The van der Waals surface area contributed by atoms with Crippen LogP contribution in [0.5, 0.6) is 0 Å². The number of anilines is 1. The third-order valence-corrected chi connectivity index (χ3v) is 3.96. The summed E-state index contributed by atoms with van der Waals surface area (Å²) in [5.74, 6) is -0.124. The summed E-state index contributed by atoms with van der Waals surface area (Å²) in [6, 6.07) is 3.10. The lowest BCUT2D eigenvalue weighted by Crippen LogP contribution is -2.32. The Balaban J connectivity index is 1.76. The van der Waals surface area contributed by atoms with Gasteiger partial charge in [0.1, 0.15) is 0 Å². The summed E-state index contributed by atoms with van der Waals surface area (Å²) in [5.41, 5.74) is 6.97. The van der Waals surface area contributed by atoms with E-state index < -0.39 is 6.10 Å². The van der Waals surface area contributed by atoms with Crippen LogP contribution in [0.15, 0.2) is 16.9 Å². The molecule has 1 aliphatic rings. The van der Waals surface area contributed by atoms with E-state index in [-0.39, 0.29) is 23.8 Å². The van der Waals surface area contributed by atoms with Gasteiger partial charge in [-0.3, -0.25) is 19.3 Å². The van der Waals surface area contributed by atoms with Crippen molar-refractivity contribution in [1.29, 1.82) is 0 Å². The van der Waals surface area contributed by atoms with Crippen molar-refractivity contribution in [2.45, 2.75) is 39.0 Å². The SMILES string of the molecule is C[C@H](O)c1cc2n(n1)CCCN(C(=O)Cc1cc(=O)[nH]c(N)n1)C2. The van der Waals surface area contributed by atoms with E-state index in [1.54, 1.807) is 11.8 Å². The molecule has 0 radical (unpaired) electrons. The molecule has 0 unspecified atom stereocenters. The van der Waals surface area contributed by atoms with Crippen LogP contribution < -0.4 is 11.3 Å². The molecule has 0 aliphatic carbocycles. The number of carbonyl (C=O) groups is 1. The van der Waals surface area contributed by atoms with Gasteiger partial charge in [0, 0.05) is 19.2 Å². The number of nitrogens with two attached hydrogens (primary N) is 1. The molecule has 3 heterocycles. The Morgan fingerprint density at radius 3 is 2.96 bits per heavy atom. The maximum absolute atomic E-state index is 12.5. The maximum atomic E-state index is 12.5. The van der Waals surface area contributed by atoms with Gasteiger partial charge >= 0.3 is 0 Å². The first kappa shape index (κ1) is 16.2. The molecule has 1 amide bonds. The molecule has 24 heavy (non-hydrogen) atoms. The first-order chi connectivity index (χ1) is 11.4. The Hall–Kier alpha value is -2.68. The smallest absolute Gasteiger partial charge is 0.252 e. The number of fused-ring (bicyclic) bond motifs is 1. The summed E-state index contributed by atoms with van der Waals surface area (Å²) in [7, 11) is 0. The summed E-state index contributed by atoms with van der Waals surface area (Å²) in [5, 5.41) is 14.0. The van der Waals surface area contributed by atoms with Crippen LogP contribution in [-0.4, -0.2) is 42.2 Å². The molecule has 2 aromatic rings. The zero-order valence-corrected chi connectivity index (χ0v) is 13.4. The van der Waals surface area contributed by atoms with Gasteiger partial charge in [-0.1, -0.05) is 0 Å². The van der Waals surface area contributed by atoms with Crippen molar-refractivity contribution in [3.8, 4) is 0 Å². The molecule has 0 saturated carbocycles. The first-order valence-electron chi connectivity index (χ1n) is 7.80. The first-order valence-corrected chi connectivity index (χ1v) is 7.80. The Labute approximate surface area is 138 Å². The van der Waals surface area contributed by atoms with Crippen LogP contribution in [0.4, 0.5) is 5.95 Å². The molecular weight excluding hydrogens is 312 g/mol. The topological polar surface area (TPSA) is 130 Å². The van der Waals surface area contributed by atoms with Gasteiger partial charge < -0.3 is 15.7 Å². The fourth-order valence-electron chi connectivity index (χ4n) is 2.79. The highest BCUT2D eigenvalue weighted by Crippen LogP contribution is 2.18. The molecule has 9 nitrogen and oxygen atoms in total. The van der Waals surface area contributed by atoms with E-state index in [4.69, 9.17) is 5.73 Å². The van der Waals surface area contributed by atoms with E-state index in [1.807, 2.05) is 10.7 Å². The Bertz CT molecular complexity index is 810. The van der Waals surface area contributed by atoms with E-state index >= 15 is 0 Å². The largest absolute Gasteiger partial charge is 0.387 e. The molecule has 0 spiro atoms. The molecular formula is C15H20N6O3. The predicted octanol–water partition coefficient (Wildman–Crippen LogP) is -0.423. The lowest BCUT2D eigenvalue weighted by molar-refractivity contribution is -0.131. The lowest BCUT2D eigenvalue weighted by Gasteiger charge is -2.19. The summed E-state index contributed by atoms with van der Waals surface area (Å²) in [6.45, 7) is 3.37. The van der Waals surface area contributed by atoms with E-state index in [2.05, 4.69) is 15.1 Å². The number of hydrogen-bond acceptors (Lipinski definition) is 6. The van der Waals surface area contributed by atoms with E-state index in [0.29, 0.717) is 31.0 Å². The molecule has 2 aromatic heterocycles.